The predicted molar refractivity (Wildman–Crippen MR) is 217 cm³/mol. The van der Waals surface area contributed by atoms with Crippen LogP contribution in [0.2, 0.25) is 0 Å². The van der Waals surface area contributed by atoms with Gasteiger partial charge in [-0.15, -0.1) is 0 Å². The summed E-state index contributed by atoms with van der Waals surface area (Å²) in [7, 11) is 3.07. The molecule has 4 aliphatic rings. The Hall–Kier alpha value is -2.52. The van der Waals surface area contributed by atoms with Crippen LogP contribution in [0.3, 0.4) is 0 Å². The fourth-order valence-corrected chi connectivity index (χ4v) is 9.65. The Bertz CT molecular complexity index is 1480. The van der Waals surface area contributed by atoms with Gasteiger partial charge in [0, 0.05) is 44.9 Å². The SMILES string of the molecule is CCC1/C=C(\C)CC(C)CC(OC)C2OC(O)(C(=O)C(=O)N3CCCCC3C(=O)OC(C(C)=CC3CCC(OC(C)C)C(O)C3)C(C)C(O)CC1=O)C(C)CC2OC. The number of fused-ring (bicyclic) bond motifs is 3. The van der Waals surface area contributed by atoms with Crippen LogP contribution in [0.25, 0.3) is 0 Å². The van der Waals surface area contributed by atoms with Crippen LogP contribution < -0.4 is 0 Å². The van der Waals surface area contributed by atoms with Crippen molar-refractivity contribution in [3.63, 3.8) is 0 Å². The molecule has 1 aliphatic carbocycles. The number of ether oxygens (including phenoxy) is 5. The van der Waals surface area contributed by atoms with Gasteiger partial charge in [0.1, 0.15) is 24.0 Å². The van der Waals surface area contributed by atoms with E-state index in [9.17, 15) is 34.5 Å². The van der Waals surface area contributed by atoms with Gasteiger partial charge in [0.15, 0.2) is 0 Å². The maximum atomic E-state index is 14.3. The molecule has 14 atom stereocenters. The number of aliphatic hydroxyl groups excluding tert-OH is 2. The fraction of sp³-hybridized carbons (Fsp3) is 0.822. The number of methoxy groups -OCH3 is 2. The number of rotatable bonds is 7. The molecule has 3 aliphatic heterocycles. The van der Waals surface area contributed by atoms with Gasteiger partial charge in [0.25, 0.3) is 11.7 Å². The van der Waals surface area contributed by atoms with Crippen LogP contribution in [0, 0.1) is 29.6 Å². The highest BCUT2D eigenvalue weighted by atomic mass is 16.7. The smallest absolute Gasteiger partial charge is 0.329 e. The zero-order valence-corrected chi connectivity index (χ0v) is 36.7. The zero-order valence-electron chi connectivity index (χ0n) is 36.7. The summed E-state index contributed by atoms with van der Waals surface area (Å²) < 4.78 is 30.2. The van der Waals surface area contributed by atoms with Crippen molar-refractivity contribution in [3.8, 4) is 0 Å². The van der Waals surface area contributed by atoms with Crippen molar-refractivity contribution in [2.45, 2.75) is 187 Å². The van der Waals surface area contributed by atoms with Gasteiger partial charge in [0.05, 0.1) is 36.6 Å². The average Bonchev–Trinajstić information content (AvgIpc) is 3.18. The summed E-state index contributed by atoms with van der Waals surface area (Å²) in [5.74, 6) is -7.59. The number of hydrogen-bond donors (Lipinski definition) is 3. The van der Waals surface area contributed by atoms with E-state index in [1.807, 2.05) is 46.8 Å². The second-order valence-corrected chi connectivity index (χ2v) is 18.1. The summed E-state index contributed by atoms with van der Waals surface area (Å²) in [5, 5.41) is 34.7. The summed E-state index contributed by atoms with van der Waals surface area (Å²) in [4.78, 5) is 57.8. The van der Waals surface area contributed by atoms with Crippen molar-refractivity contribution in [3.05, 3.63) is 23.3 Å². The molecule has 330 valence electrons. The largest absolute Gasteiger partial charge is 0.456 e. The summed E-state index contributed by atoms with van der Waals surface area (Å²) in [6.07, 6.45) is 3.66. The maximum absolute atomic E-state index is 14.3. The van der Waals surface area contributed by atoms with Gasteiger partial charge in [-0.05, 0) is 109 Å². The minimum atomic E-state index is -2.50. The number of esters is 1. The van der Waals surface area contributed by atoms with E-state index >= 15 is 0 Å². The number of ketones is 2. The van der Waals surface area contributed by atoms with E-state index in [2.05, 4.69) is 6.92 Å². The number of hydrogen-bond acceptors (Lipinski definition) is 12. The molecule has 3 N–H and O–H groups in total. The Morgan fingerprint density at radius 3 is 2.24 bits per heavy atom. The van der Waals surface area contributed by atoms with Gasteiger partial charge in [-0.3, -0.25) is 14.4 Å². The number of cyclic esters (lactones) is 1. The molecule has 0 spiro atoms. The van der Waals surface area contributed by atoms with E-state index in [1.54, 1.807) is 13.8 Å². The lowest BCUT2D eigenvalue weighted by Gasteiger charge is -2.47. The van der Waals surface area contributed by atoms with E-state index in [1.165, 1.54) is 19.1 Å². The van der Waals surface area contributed by atoms with Crippen LogP contribution in [0.4, 0.5) is 0 Å². The third kappa shape index (κ3) is 11.6. The number of amides is 1. The van der Waals surface area contributed by atoms with Crippen LogP contribution in [-0.4, -0.2) is 125 Å². The first-order valence-electron chi connectivity index (χ1n) is 21.8. The van der Waals surface area contributed by atoms with Crippen LogP contribution in [-0.2, 0) is 42.9 Å². The van der Waals surface area contributed by atoms with Crippen molar-refractivity contribution in [1.29, 1.82) is 0 Å². The molecule has 2 bridgehead atoms. The molecule has 0 aromatic carbocycles. The molecule has 0 radical (unpaired) electrons. The zero-order chi connectivity index (χ0) is 43.1. The molecular weight excluding hydrogens is 746 g/mol. The van der Waals surface area contributed by atoms with Crippen molar-refractivity contribution in [2.75, 3.05) is 20.8 Å². The average molecular weight is 820 g/mol. The van der Waals surface area contributed by atoms with Gasteiger partial charge in [-0.2, -0.15) is 0 Å². The van der Waals surface area contributed by atoms with Crippen molar-refractivity contribution < 1.29 is 58.2 Å². The van der Waals surface area contributed by atoms with Gasteiger partial charge >= 0.3 is 5.97 Å². The first kappa shape index (κ1) is 48.1. The molecule has 4 rings (SSSR count). The Balaban J connectivity index is 1.74. The summed E-state index contributed by atoms with van der Waals surface area (Å²) in [5.41, 5.74) is 1.64. The highest BCUT2D eigenvalue weighted by Crippen LogP contribution is 2.39. The van der Waals surface area contributed by atoms with Gasteiger partial charge in [0.2, 0.25) is 5.79 Å². The van der Waals surface area contributed by atoms with Crippen molar-refractivity contribution >= 4 is 23.4 Å². The number of carbonyl (C=O) groups is 4. The topological polar surface area (TPSA) is 178 Å². The number of allylic oxidation sites excluding steroid dienone is 3. The van der Waals surface area contributed by atoms with Gasteiger partial charge in [-0.25, -0.2) is 4.79 Å². The first-order valence-corrected chi connectivity index (χ1v) is 21.8. The molecule has 0 aromatic rings. The van der Waals surface area contributed by atoms with Gasteiger partial charge < -0.3 is 43.9 Å². The minimum absolute atomic E-state index is 0.0233. The molecule has 13 nitrogen and oxygen atoms in total. The molecule has 13 heteroatoms. The van der Waals surface area contributed by atoms with Crippen molar-refractivity contribution in [1.82, 2.24) is 4.90 Å². The third-order valence-corrected chi connectivity index (χ3v) is 13.0. The van der Waals surface area contributed by atoms with Crippen molar-refractivity contribution in [2.24, 2.45) is 29.6 Å². The van der Waals surface area contributed by atoms with E-state index in [-0.39, 0.29) is 55.6 Å². The number of Topliss-reactive ketones (excluding diaryl/α,β-unsaturated/α-hetero) is 2. The Labute approximate surface area is 346 Å². The maximum Gasteiger partial charge on any atom is 0.329 e. The first-order chi connectivity index (χ1) is 27.3. The fourth-order valence-electron chi connectivity index (χ4n) is 9.65. The highest BCUT2D eigenvalue weighted by molar-refractivity contribution is 6.39. The molecule has 1 saturated carbocycles. The molecule has 3 fully saturated rings. The second kappa shape index (κ2) is 21.3. The number of piperidine rings is 1. The lowest BCUT2D eigenvalue weighted by Crippen LogP contribution is -2.64. The quantitative estimate of drug-likeness (QED) is 0.173. The van der Waals surface area contributed by atoms with E-state index in [0.29, 0.717) is 50.5 Å². The normalized spacial score (nSPS) is 40.7. The minimum Gasteiger partial charge on any atom is -0.456 e. The monoisotopic (exact) mass is 820 g/mol. The van der Waals surface area contributed by atoms with Crippen LogP contribution in [0.15, 0.2) is 23.3 Å². The lowest BCUT2D eigenvalue weighted by molar-refractivity contribution is -0.302. The number of nitrogens with zero attached hydrogens (tertiary/aromatic N) is 1. The molecule has 0 aromatic heterocycles. The molecule has 3 heterocycles. The Morgan fingerprint density at radius 1 is 0.948 bits per heavy atom. The number of aliphatic hydroxyl groups is 3. The van der Waals surface area contributed by atoms with Crippen LogP contribution in [0.1, 0.15) is 126 Å². The number of carbonyl (C=O) groups excluding carboxylic acids is 4. The van der Waals surface area contributed by atoms with E-state index in [0.717, 1.165) is 12.0 Å². The third-order valence-electron chi connectivity index (χ3n) is 13.0. The van der Waals surface area contributed by atoms with E-state index in [4.69, 9.17) is 23.7 Å². The second-order valence-electron chi connectivity index (χ2n) is 18.1. The molecule has 2 saturated heterocycles. The summed E-state index contributed by atoms with van der Waals surface area (Å²) in [6, 6.07) is -1.14. The molecule has 1 amide bonds. The molecule has 14 unspecified atom stereocenters. The Morgan fingerprint density at radius 2 is 1.62 bits per heavy atom. The predicted octanol–water partition coefficient (Wildman–Crippen LogP) is 5.25. The van der Waals surface area contributed by atoms with Crippen LogP contribution in [0.5, 0.6) is 0 Å². The Kier molecular flexibility index (Phi) is 17.7. The standard InChI is InChI=1S/C45H73NO12/c1-11-32-19-26(4)18-27(5)20-38(54-9)41-39(55-10)22-29(7)45(53,58-41)42(50)43(51)46-17-13-12-14-33(46)44(52)57-40(30(8)34(47)24-35(32)48)28(6)21-31-15-16-37(36(49)23-31)56-25(2)3/h19,21,25,27,29-34,36-41,47,49,53H,11-18,20,22-24H2,1-10H3/b26-19+,28-21?. The highest BCUT2D eigenvalue weighted by Gasteiger charge is 2.56. The summed E-state index contributed by atoms with van der Waals surface area (Å²) in [6.45, 7) is 15.1. The van der Waals surface area contributed by atoms with E-state index < -0.39 is 83.9 Å². The molecule has 58 heavy (non-hydrogen) atoms. The molecular formula is C45H73NO12. The summed E-state index contributed by atoms with van der Waals surface area (Å²) >= 11 is 0. The van der Waals surface area contributed by atoms with Gasteiger partial charge in [-0.1, -0.05) is 45.4 Å². The lowest BCUT2D eigenvalue weighted by atomic mass is 9.81. The van der Waals surface area contributed by atoms with Crippen LogP contribution >= 0.6 is 0 Å².